The third kappa shape index (κ3) is 5.37. The Morgan fingerprint density at radius 2 is 2.04 bits per heavy atom. The highest BCUT2D eigenvalue weighted by Gasteiger charge is 2.28. The van der Waals surface area contributed by atoms with E-state index in [4.69, 9.17) is 25.8 Å². The van der Waals surface area contributed by atoms with Gasteiger partial charge in [0.1, 0.15) is 24.2 Å². The fourth-order valence-corrected chi connectivity index (χ4v) is 3.04. The Hall–Kier alpha value is -2.24. The Labute approximate surface area is 164 Å². The predicted molar refractivity (Wildman–Crippen MR) is 105 cm³/mol. The van der Waals surface area contributed by atoms with Gasteiger partial charge in [-0.3, -0.25) is 4.79 Å². The number of rotatable bonds is 6. The zero-order chi connectivity index (χ0) is 19.2. The summed E-state index contributed by atoms with van der Waals surface area (Å²) >= 11 is 6.03. The highest BCUT2D eigenvalue weighted by atomic mass is 35.5. The van der Waals surface area contributed by atoms with E-state index < -0.39 is 6.10 Å². The van der Waals surface area contributed by atoms with Gasteiger partial charge in [-0.25, -0.2) is 0 Å². The summed E-state index contributed by atoms with van der Waals surface area (Å²) in [5, 5.41) is 0.709. The number of morpholine rings is 1. The van der Waals surface area contributed by atoms with Crippen LogP contribution < -0.4 is 9.47 Å². The Morgan fingerprint density at radius 3 is 2.78 bits per heavy atom. The summed E-state index contributed by atoms with van der Waals surface area (Å²) in [6, 6.07) is 14.9. The minimum Gasteiger partial charge on any atom is -0.491 e. The molecule has 0 spiro atoms. The maximum absolute atomic E-state index is 12.7. The minimum absolute atomic E-state index is 0.0468. The van der Waals surface area contributed by atoms with Crippen LogP contribution in [-0.4, -0.2) is 49.3 Å². The number of amides is 1. The molecular weight excluding hydrogens is 366 g/mol. The first kappa shape index (κ1) is 19.5. The highest BCUT2D eigenvalue weighted by Crippen LogP contribution is 2.21. The lowest BCUT2D eigenvalue weighted by Crippen LogP contribution is -2.51. The van der Waals surface area contributed by atoms with Crippen molar-refractivity contribution in [1.82, 2.24) is 4.90 Å². The largest absolute Gasteiger partial charge is 0.491 e. The molecule has 0 unspecified atom stereocenters. The Balaban J connectivity index is 1.52. The zero-order valence-corrected chi connectivity index (χ0v) is 16.3. The summed E-state index contributed by atoms with van der Waals surface area (Å²) in [7, 11) is 0. The minimum atomic E-state index is -0.550. The van der Waals surface area contributed by atoms with Crippen LogP contribution in [0.15, 0.2) is 48.5 Å². The summed E-state index contributed by atoms with van der Waals surface area (Å²) in [6.07, 6.45) is -0.728. The summed E-state index contributed by atoms with van der Waals surface area (Å²) in [5.74, 6) is 1.38. The van der Waals surface area contributed by atoms with Crippen molar-refractivity contribution < 1.29 is 19.0 Å². The van der Waals surface area contributed by atoms with Crippen LogP contribution in [0.3, 0.4) is 0 Å². The number of aryl methyl sites for hydroxylation is 1. The van der Waals surface area contributed by atoms with Gasteiger partial charge in [-0.05, 0) is 49.7 Å². The number of ether oxygens (including phenoxy) is 3. The Morgan fingerprint density at radius 1 is 1.26 bits per heavy atom. The zero-order valence-electron chi connectivity index (χ0n) is 15.6. The number of halogens is 1. The average molecular weight is 390 g/mol. The summed E-state index contributed by atoms with van der Waals surface area (Å²) in [5.41, 5.74) is 0.961. The van der Waals surface area contributed by atoms with E-state index in [0.717, 1.165) is 11.3 Å². The van der Waals surface area contributed by atoms with Gasteiger partial charge < -0.3 is 19.1 Å². The standard InChI is InChI=1S/C21H24ClNO4/c1-15-12-18(8-9-20(15)22)26-14-19-13-23(10-11-25-19)21(24)16(2)27-17-6-4-3-5-7-17/h3-9,12,16,19H,10-11,13-14H2,1-2H3/t16-,19+/m0/s1. The number of hydrogen-bond donors (Lipinski definition) is 0. The smallest absolute Gasteiger partial charge is 0.263 e. The maximum Gasteiger partial charge on any atom is 0.263 e. The fraction of sp³-hybridized carbons (Fsp3) is 0.381. The van der Waals surface area contributed by atoms with Crippen LogP contribution in [0.2, 0.25) is 5.02 Å². The van der Waals surface area contributed by atoms with E-state index in [1.54, 1.807) is 11.8 Å². The van der Waals surface area contributed by atoms with Crippen LogP contribution in [0.4, 0.5) is 0 Å². The first-order chi connectivity index (χ1) is 13.0. The number of hydrogen-bond acceptors (Lipinski definition) is 4. The van der Waals surface area contributed by atoms with Gasteiger partial charge in [0.2, 0.25) is 0 Å². The second-order valence-corrected chi connectivity index (χ2v) is 6.98. The summed E-state index contributed by atoms with van der Waals surface area (Å²) in [4.78, 5) is 14.5. The van der Waals surface area contributed by atoms with Crippen molar-refractivity contribution in [3.8, 4) is 11.5 Å². The molecule has 0 N–H and O–H groups in total. The lowest BCUT2D eigenvalue weighted by atomic mass is 10.2. The molecule has 27 heavy (non-hydrogen) atoms. The van der Waals surface area contributed by atoms with E-state index in [9.17, 15) is 4.79 Å². The van der Waals surface area contributed by atoms with Gasteiger partial charge >= 0.3 is 0 Å². The van der Waals surface area contributed by atoms with E-state index in [1.807, 2.05) is 55.5 Å². The topological polar surface area (TPSA) is 48.0 Å². The molecule has 0 saturated carbocycles. The molecule has 2 atom stereocenters. The van der Waals surface area contributed by atoms with Crippen molar-refractivity contribution >= 4 is 17.5 Å². The molecule has 1 amide bonds. The molecule has 0 bridgehead atoms. The number of benzene rings is 2. The number of nitrogens with zero attached hydrogens (tertiary/aromatic N) is 1. The molecular formula is C21H24ClNO4. The second-order valence-electron chi connectivity index (χ2n) is 6.57. The van der Waals surface area contributed by atoms with Crippen molar-refractivity contribution in [2.45, 2.75) is 26.1 Å². The first-order valence-electron chi connectivity index (χ1n) is 9.04. The highest BCUT2D eigenvalue weighted by molar-refractivity contribution is 6.31. The van der Waals surface area contributed by atoms with Crippen LogP contribution >= 0.6 is 11.6 Å². The molecule has 1 heterocycles. The molecule has 0 aromatic heterocycles. The molecule has 6 heteroatoms. The molecule has 5 nitrogen and oxygen atoms in total. The van der Waals surface area contributed by atoms with Gasteiger partial charge in [-0.15, -0.1) is 0 Å². The molecule has 0 radical (unpaired) electrons. The van der Waals surface area contributed by atoms with Gasteiger partial charge in [0.05, 0.1) is 13.2 Å². The SMILES string of the molecule is Cc1cc(OC[C@H]2CN(C(=O)[C@H](C)Oc3ccccc3)CCO2)ccc1Cl. The van der Waals surface area contributed by atoms with Gasteiger partial charge in [-0.2, -0.15) is 0 Å². The maximum atomic E-state index is 12.7. The molecule has 2 aromatic rings. The third-order valence-electron chi connectivity index (χ3n) is 4.42. The van der Waals surface area contributed by atoms with Crippen LogP contribution in [0.25, 0.3) is 0 Å². The van der Waals surface area contributed by atoms with Crippen molar-refractivity contribution in [1.29, 1.82) is 0 Å². The number of carbonyl (C=O) groups is 1. The molecule has 1 saturated heterocycles. The van der Waals surface area contributed by atoms with Gasteiger partial charge in [0, 0.05) is 11.6 Å². The molecule has 2 aromatic carbocycles. The number of para-hydroxylation sites is 1. The molecule has 144 valence electrons. The van der Waals surface area contributed by atoms with E-state index >= 15 is 0 Å². The van der Waals surface area contributed by atoms with E-state index in [0.29, 0.717) is 37.1 Å². The molecule has 0 aliphatic carbocycles. The Bertz CT molecular complexity index is 768. The van der Waals surface area contributed by atoms with Crippen LogP contribution in [0.1, 0.15) is 12.5 Å². The van der Waals surface area contributed by atoms with Gasteiger partial charge in [0.15, 0.2) is 6.10 Å². The van der Waals surface area contributed by atoms with Crippen molar-refractivity contribution in [3.05, 3.63) is 59.1 Å². The van der Waals surface area contributed by atoms with E-state index in [1.165, 1.54) is 0 Å². The fourth-order valence-electron chi connectivity index (χ4n) is 2.93. The molecule has 3 rings (SSSR count). The quantitative estimate of drug-likeness (QED) is 0.755. The Kier molecular flexibility index (Phi) is 6.58. The summed E-state index contributed by atoms with van der Waals surface area (Å²) < 4.78 is 17.3. The van der Waals surface area contributed by atoms with Crippen LogP contribution in [-0.2, 0) is 9.53 Å². The molecule has 1 aliphatic rings. The summed E-state index contributed by atoms with van der Waals surface area (Å²) in [6.45, 7) is 5.59. The third-order valence-corrected chi connectivity index (χ3v) is 4.84. The predicted octanol–water partition coefficient (Wildman–Crippen LogP) is 3.72. The molecule has 1 fully saturated rings. The average Bonchev–Trinajstić information content (AvgIpc) is 2.69. The van der Waals surface area contributed by atoms with E-state index in [-0.39, 0.29) is 12.0 Å². The lowest BCUT2D eigenvalue weighted by molar-refractivity contribution is -0.146. The monoisotopic (exact) mass is 389 g/mol. The van der Waals surface area contributed by atoms with Crippen molar-refractivity contribution in [2.24, 2.45) is 0 Å². The van der Waals surface area contributed by atoms with Crippen LogP contribution in [0, 0.1) is 6.92 Å². The lowest BCUT2D eigenvalue weighted by Gasteiger charge is -2.34. The van der Waals surface area contributed by atoms with Gasteiger partial charge in [-0.1, -0.05) is 29.8 Å². The van der Waals surface area contributed by atoms with Gasteiger partial charge in [0.25, 0.3) is 5.91 Å². The van der Waals surface area contributed by atoms with Crippen molar-refractivity contribution in [3.63, 3.8) is 0 Å². The molecule has 1 aliphatic heterocycles. The van der Waals surface area contributed by atoms with Crippen molar-refractivity contribution in [2.75, 3.05) is 26.3 Å². The second kappa shape index (κ2) is 9.11. The van der Waals surface area contributed by atoms with Crippen LogP contribution in [0.5, 0.6) is 11.5 Å². The van der Waals surface area contributed by atoms with E-state index in [2.05, 4.69) is 0 Å². The first-order valence-corrected chi connectivity index (χ1v) is 9.42. The normalized spacial score (nSPS) is 18.0. The number of carbonyl (C=O) groups excluding carboxylic acids is 1.